The standard InChI is InChI=1S/C21H22N4O7/c1-21(19(29-2)30-3)18(26)17(15-11-13(25(27)28)9-10-16(15)32-21)24-20(23-12-22)31-14-7-5-4-6-8-14/h4-11,17-19,26H,1-3H3,(H,23,24)/t17-,18+,21-/m0/s1. The van der Waals surface area contributed by atoms with Crippen LogP contribution in [0.4, 0.5) is 5.69 Å². The predicted molar refractivity (Wildman–Crippen MR) is 112 cm³/mol. The highest BCUT2D eigenvalue weighted by Gasteiger charge is 2.52. The molecule has 0 bridgehead atoms. The molecule has 32 heavy (non-hydrogen) atoms. The van der Waals surface area contributed by atoms with Gasteiger partial charge in [0.05, 0.1) is 4.92 Å². The van der Waals surface area contributed by atoms with E-state index in [0.29, 0.717) is 5.75 Å². The van der Waals surface area contributed by atoms with Gasteiger partial charge in [0.25, 0.3) is 5.69 Å². The molecule has 0 amide bonds. The normalized spacial score (nSPS) is 22.4. The second-order valence-electron chi connectivity index (χ2n) is 7.04. The molecule has 0 saturated carbocycles. The fourth-order valence-electron chi connectivity index (χ4n) is 3.50. The third-order valence-electron chi connectivity index (χ3n) is 5.01. The van der Waals surface area contributed by atoms with E-state index in [2.05, 4.69) is 10.3 Å². The monoisotopic (exact) mass is 442 g/mol. The van der Waals surface area contributed by atoms with E-state index in [1.165, 1.54) is 32.4 Å². The topological polar surface area (TPSA) is 148 Å². The van der Waals surface area contributed by atoms with Crippen LogP contribution in [0.5, 0.6) is 11.5 Å². The summed E-state index contributed by atoms with van der Waals surface area (Å²) in [5, 5.41) is 34.1. The van der Waals surface area contributed by atoms with Gasteiger partial charge in [0, 0.05) is 31.9 Å². The number of nitro benzene ring substituents is 1. The number of rotatable bonds is 6. The molecule has 168 valence electrons. The van der Waals surface area contributed by atoms with Crippen LogP contribution in [0.15, 0.2) is 53.5 Å². The summed E-state index contributed by atoms with van der Waals surface area (Å²) in [6.07, 6.45) is -0.655. The molecular weight excluding hydrogens is 420 g/mol. The third kappa shape index (κ3) is 4.47. The lowest BCUT2D eigenvalue weighted by Crippen LogP contribution is -2.59. The van der Waals surface area contributed by atoms with Gasteiger partial charge in [0.15, 0.2) is 18.1 Å². The van der Waals surface area contributed by atoms with Crippen molar-refractivity contribution in [3.05, 3.63) is 64.2 Å². The third-order valence-corrected chi connectivity index (χ3v) is 5.01. The summed E-state index contributed by atoms with van der Waals surface area (Å²) in [4.78, 5) is 15.1. The summed E-state index contributed by atoms with van der Waals surface area (Å²) >= 11 is 0. The van der Waals surface area contributed by atoms with E-state index in [9.17, 15) is 15.2 Å². The molecule has 0 fully saturated rings. The number of para-hydroxylation sites is 1. The SMILES string of the molecule is COC(OC)[C@@]1(C)Oc2ccc([N+](=O)[O-])cc2[C@H](N=C(NC#N)Oc2ccccc2)[C@H]1O. The molecule has 2 N–H and O–H groups in total. The predicted octanol–water partition coefficient (Wildman–Crippen LogP) is 2.27. The van der Waals surface area contributed by atoms with Gasteiger partial charge in [-0.05, 0) is 25.1 Å². The lowest BCUT2D eigenvalue weighted by Gasteiger charge is -2.45. The Kier molecular flexibility index (Phi) is 6.89. The van der Waals surface area contributed by atoms with Gasteiger partial charge < -0.3 is 24.1 Å². The van der Waals surface area contributed by atoms with Crippen molar-refractivity contribution in [3.8, 4) is 17.7 Å². The zero-order chi connectivity index (χ0) is 23.3. The van der Waals surface area contributed by atoms with Crippen LogP contribution >= 0.6 is 0 Å². The van der Waals surface area contributed by atoms with Crippen molar-refractivity contribution in [2.24, 2.45) is 4.99 Å². The Morgan fingerprint density at radius 2 is 2.00 bits per heavy atom. The second-order valence-corrected chi connectivity index (χ2v) is 7.04. The van der Waals surface area contributed by atoms with Gasteiger partial charge in [-0.1, -0.05) is 18.2 Å². The van der Waals surface area contributed by atoms with Crippen molar-refractivity contribution >= 4 is 11.7 Å². The number of benzene rings is 2. The molecule has 2 aromatic carbocycles. The van der Waals surface area contributed by atoms with Gasteiger partial charge in [-0.25, -0.2) is 10.3 Å². The van der Waals surface area contributed by atoms with Crippen LogP contribution in [0.3, 0.4) is 0 Å². The molecule has 1 aliphatic rings. The number of aliphatic imine (C=N–C) groups is 1. The molecule has 11 nitrogen and oxygen atoms in total. The fourth-order valence-corrected chi connectivity index (χ4v) is 3.50. The first-order valence-corrected chi connectivity index (χ1v) is 9.50. The quantitative estimate of drug-likeness (QED) is 0.131. The van der Waals surface area contributed by atoms with E-state index in [-0.39, 0.29) is 23.0 Å². The van der Waals surface area contributed by atoms with Gasteiger partial charge in [0.1, 0.15) is 23.6 Å². The first-order chi connectivity index (χ1) is 15.3. The van der Waals surface area contributed by atoms with Crippen molar-refractivity contribution in [3.63, 3.8) is 0 Å². The number of hydrogen-bond donors (Lipinski definition) is 2. The summed E-state index contributed by atoms with van der Waals surface area (Å²) in [7, 11) is 2.78. The molecule has 1 heterocycles. The Hall–Kier alpha value is -3.72. The van der Waals surface area contributed by atoms with Crippen LogP contribution < -0.4 is 14.8 Å². The number of ether oxygens (including phenoxy) is 4. The van der Waals surface area contributed by atoms with Crippen molar-refractivity contribution in [2.75, 3.05) is 14.2 Å². The molecule has 3 atom stereocenters. The number of nitrogens with one attached hydrogen (secondary N) is 1. The summed E-state index contributed by atoms with van der Waals surface area (Å²) in [5.41, 5.74) is -1.41. The first kappa shape index (κ1) is 23.0. The summed E-state index contributed by atoms with van der Waals surface area (Å²) in [5.74, 6) is 0.636. The number of aliphatic hydroxyl groups is 1. The molecule has 2 aromatic rings. The second kappa shape index (κ2) is 9.61. The van der Waals surface area contributed by atoms with Gasteiger partial charge >= 0.3 is 6.02 Å². The molecule has 0 radical (unpaired) electrons. The van der Waals surface area contributed by atoms with Gasteiger partial charge in [0.2, 0.25) is 0 Å². The number of fused-ring (bicyclic) bond motifs is 1. The lowest BCUT2D eigenvalue weighted by molar-refractivity contribution is -0.385. The maximum atomic E-state index is 11.3. The summed E-state index contributed by atoms with van der Waals surface area (Å²) in [6.45, 7) is 1.57. The molecule has 0 saturated heterocycles. The fraction of sp³-hybridized carbons (Fsp3) is 0.333. The number of amidine groups is 1. The summed E-state index contributed by atoms with van der Waals surface area (Å²) < 4.78 is 22.3. The van der Waals surface area contributed by atoms with Crippen molar-refractivity contribution in [1.82, 2.24) is 5.32 Å². The van der Waals surface area contributed by atoms with E-state index >= 15 is 0 Å². The van der Waals surface area contributed by atoms with Gasteiger partial charge in [-0.15, -0.1) is 0 Å². The molecule has 0 aromatic heterocycles. The average Bonchev–Trinajstić information content (AvgIpc) is 2.78. The first-order valence-electron chi connectivity index (χ1n) is 9.50. The number of aliphatic hydroxyl groups excluding tert-OH is 1. The Morgan fingerprint density at radius 3 is 2.59 bits per heavy atom. The maximum absolute atomic E-state index is 11.3. The minimum Gasteiger partial charge on any atom is -0.479 e. The Labute approximate surface area is 184 Å². The van der Waals surface area contributed by atoms with E-state index in [4.69, 9.17) is 24.2 Å². The Bertz CT molecular complexity index is 1040. The summed E-state index contributed by atoms with van der Waals surface area (Å²) in [6, 6.07) is 11.2. The smallest absolute Gasteiger partial charge is 0.304 e. The zero-order valence-electron chi connectivity index (χ0n) is 17.6. The number of nitrogens with zero attached hydrogens (tertiary/aromatic N) is 3. The highest BCUT2D eigenvalue weighted by atomic mass is 16.7. The van der Waals surface area contributed by atoms with Crippen LogP contribution in [0.1, 0.15) is 18.5 Å². The van der Waals surface area contributed by atoms with E-state index in [1.807, 2.05) is 0 Å². The molecule has 0 unspecified atom stereocenters. The maximum Gasteiger partial charge on any atom is 0.304 e. The van der Waals surface area contributed by atoms with Crippen LogP contribution in [0, 0.1) is 21.6 Å². The highest BCUT2D eigenvalue weighted by Crippen LogP contribution is 2.45. The Balaban J connectivity index is 2.13. The molecule has 0 aliphatic carbocycles. The molecule has 11 heteroatoms. The number of hydrogen-bond acceptors (Lipinski definition) is 9. The average molecular weight is 442 g/mol. The van der Waals surface area contributed by atoms with Gasteiger partial charge in [-0.2, -0.15) is 5.26 Å². The number of nitro groups is 1. The van der Waals surface area contributed by atoms with Gasteiger partial charge in [-0.3, -0.25) is 10.1 Å². The largest absolute Gasteiger partial charge is 0.479 e. The minimum atomic E-state index is -1.44. The molecule has 3 rings (SSSR count). The minimum absolute atomic E-state index is 0.211. The Morgan fingerprint density at radius 1 is 1.31 bits per heavy atom. The molecular formula is C21H22N4O7. The van der Waals surface area contributed by atoms with E-state index in [0.717, 1.165) is 0 Å². The number of non-ortho nitro benzene ring substituents is 1. The van der Waals surface area contributed by atoms with Crippen LogP contribution in [-0.2, 0) is 9.47 Å². The lowest BCUT2D eigenvalue weighted by atomic mass is 9.84. The van der Waals surface area contributed by atoms with Crippen molar-refractivity contribution < 1.29 is 29.0 Å². The van der Waals surface area contributed by atoms with Crippen molar-refractivity contribution in [1.29, 1.82) is 5.26 Å². The molecule has 0 spiro atoms. The van der Waals surface area contributed by atoms with Crippen LogP contribution in [-0.4, -0.2) is 48.3 Å². The highest BCUT2D eigenvalue weighted by molar-refractivity contribution is 5.78. The van der Waals surface area contributed by atoms with E-state index in [1.54, 1.807) is 43.4 Å². The zero-order valence-corrected chi connectivity index (χ0v) is 17.6. The molecule has 1 aliphatic heterocycles. The number of nitriles is 1. The van der Waals surface area contributed by atoms with Crippen LogP contribution in [0.25, 0.3) is 0 Å². The van der Waals surface area contributed by atoms with Crippen LogP contribution in [0.2, 0.25) is 0 Å². The van der Waals surface area contributed by atoms with E-state index < -0.39 is 29.0 Å². The number of methoxy groups -OCH3 is 2. The van der Waals surface area contributed by atoms with Crippen molar-refractivity contribution in [2.45, 2.75) is 31.0 Å².